The molecule has 0 heterocycles. The molecule has 3 atom stereocenters. The van der Waals surface area contributed by atoms with Gasteiger partial charge in [0.15, 0.2) is 0 Å². The van der Waals surface area contributed by atoms with Gasteiger partial charge in [0.05, 0.1) is 0 Å². The van der Waals surface area contributed by atoms with Gasteiger partial charge in [-0.25, -0.2) is 8.42 Å². The summed E-state index contributed by atoms with van der Waals surface area (Å²) in [6.45, 7) is 5.54. The van der Waals surface area contributed by atoms with Crippen molar-refractivity contribution in [2.24, 2.45) is 11.8 Å². The molecule has 1 fully saturated rings. The van der Waals surface area contributed by atoms with Crippen molar-refractivity contribution in [3.8, 4) is 0 Å². The minimum Gasteiger partial charge on any atom is -0.314 e. The molecule has 0 spiro atoms. The maximum atomic E-state index is 11.3. The first-order valence-corrected chi connectivity index (χ1v) is 10.4. The summed E-state index contributed by atoms with van der Waals surface area (Å²) in [6, 6.07) is 0.519. The SMILES string of the molecule is CCCNC(CCCS(C)(=O)=O)C1CCCC(CC)C1. The first-order chi connectivity index (χ1) is 9.46. The van der Waals surface area contributed by atoms with E-state index in [9.17, 15) is 8.42 Å². The van der Waals surface area contributed by atoms with Gasteiger partial charge in [0.2, 0.25) is 0 Å². The van der Waals surface area contributed by atoms with Crippen molar-refractivity contribution in [1.82, 2.24) is 5.32 Å². The lowest BCUT2D eigenvalue weighted by Gasteiger charge is -2.35. The predicted molar refractivity (Wildman–Crippen MR) is 86.8 cm³/mol. The van der Waals surface area contributed by atoms with E-state index < -0.39 is 9.84 Å². The summed E-state index contributed by atoms with van der Waals surface area (Å²) in [4.78, 5) is 0. The maximum Gasteiger partial charge on any atom is 0.147 e. The molecule has 4 heteroatoms. The van der Waals surface area contributed by atoms with Crippen LogP contribution >= 0.6 is 0 Å². The quantitative estimate of drug-likeness (QED) is 0.710. The molecule has 20 heavy (non-hydrogen) atoms. The van der Waals surface area contributed by atoms with Crippen LogP contribution in [0.25, 0.3) is 0 Å². The lowest BCUT2D eigenvalue weighted by molar-refractivity contribution is 0.201. The molecule has 3 nitrogen and oxygen atoms in total. The lowest BCUT2D eigenvalue weighted by atomic mass is 9.76. The topological polar surface area (TPSA) is 46.2 Å². The molecular weight excluding hydrogens is 270 g/mol. The first kappa shape index (κ1) is 18.0. The summed E-state index contributed by atoms with van der Waals surface area (Å²) in [6.07, 6.45) is 11.0. The molecule has 0 aromatic rings. The zero-order chi connectivity index (χ0) is 15.0. The molecule has 1 rings (SSSR count). The summed E-state index contributed by atoms with van der Waals surface area (Å²) in [7, 11) is -2.81. The molecule has 1 N–H and O–H groups in total. The van der Waals surface area contributed by atoms with Gasteiger partial charge in [0, 0.05) is 18.1 Å². The Morgan fingerprint density at radius 2 is 2.00 bits per heavy atom. The summed E-state index contributed by atoms with van der Waals surface area (Å²) in [5.74, 6) is 1.97. The Morgan fingerprint density at radius 1 is 1.25 bits per heavy atom. The van der Waals surface area contributed by atoms with Crippen LogP contribution in [0.2, 0.25) is 0 Å². The number of hydrogen-bond acceptors (Lipinski definition) is 3. The van der Waals surface area contributed by atoms with Gasteiger partial charge in [-0.05, 0) is 50.5 Å². The van der Waals surface area contributed by atoms with E-state index in [1.165, 1.54) is 38.4 Å². The highest BCUT2D eigenvalue weighted by Gasteiger charge is 2.27. The van der Waals surface area contributed by atoms with Crippen molar-refractivity contribution in [2.45, 2.75) is 71.3 Å². The van der Waals surface area contributed by atoms with Crippen LogP contribution in [0.5, 0.6) is 0 Å². The Kier molecular flexibility index (Phi) is 8.11. The van der Waals surface area contributed by atoms with Crippen LogP contribution < -0.4 is 5.32 Å². The van der Waals surface area contributed by atoms with Crippen molar-refractivity contribution in [1.29, 1.82) is 0 Å². The highest BCUT2D eigenvalue weighted by Crippen LogP contribution is 2.34. The predicted octanol–water partition coefficient (Wildman–Crippen LogP) is 3.40. The molecule has 0 bridgehead atoms. The Hall–Kier alpha value is -0.0900. The monoisotopic (exact) mass is 303 g/mol. The number of hydrogen-bond donors (Lipinski definition) is 1. The van der Waals surface area contributed by atoms with E-state index >= 15 is 0 Å². The van der Waals surface area contributed by atoms with Crippen molar-refractivity contribution in [3.63, 3.8) is 0 Å². The van der Waals surface area contributed by atoms with Gasteiger partial charge in [0.25, 0.3) is 0 Å². The summed E-state index contributed by atoms with van der Waals surface area (Å²) in [5.41, 5.74) is 0. The zero-order valence-corrected chi connectivity index (χ0v) is 14.3. The lowest BCUT2D eigenvalue weighted by Crippen LogP contribution is -2.39. The summed E-state index contributed by atoms with van der Waals surface area (Å²) in [5, 5.41) is 3.68. The van der Waals surface area contributed by atoms with E-state index in [4.69, 9.17) is 0 Å². The number of nitrogens with one attached hydrogen (secondary N) is 1. The standard InChI is InChI=1S/C16H33NO2S/c1-4-11-17-16(10-7-12-20(3,18)19)15-9-6-8-14(5-2)13-15/h14-17H,4-13H2,1-3H3. The van der Waals surface area contributed by atoms with Crippen LogP contribution in [-0.2, 0) is 9.84 Å². The second kappa shape index (κ2) is 9.04. The van der Waals surface area contributed by atoms with E-state index in [2.05, 4.69) is 19.2 Å². The van der Waals surface area contributed by atoms with E-state index in [0.717, 1.165) is 37.6 Å². The van der Waals surface area contributed by atoms with Gasteiger partial charge in [0.1, 0.15) is 9.84 Å². The van der Waals surface area contributed by atoms with Crippen molar-refractivity contribution < 1.29 is 8.42 Å². The molecular formula is C16H33NO2S. The van der Waals surface area contributed by atoms with Crippen LogP contribution in [0.4, 0.5) is 0 Å². The fourth-order valence-electron chi connectivity index (χ4n) is 3.47. The zero-order valence-electron chi connectivity index (χ0n) is 13.5. The van der Waals surface area contributed by atoms with Crippen molar-refractivity contribution in [2.75, 3.05) is 18.6 Å². The normalized spacial score (nSPS) is 25.6. The van der Waals surface area contributed by atoms with Crippen LogP contribution in [0.3, 0.4) is 0 Å². The molecule has 0 saturated heterocycles. The fraction of sp³-hybridized carbons (Fsp3) is 1.00. The number of sulfone groups is 1. The minimum absolute atomic E-state index is 0.335. The van der Waals surface area contributed by atoms with Gasteiger partial charge in [-0.15, -0.1) is 0 Å². The van der Waals surface area contributed by atoms with Crippen LogP contribution in [0.1, 0.15) is 65.2 Å². The average Bonchev–Trinajstić information content (AvgIpc) is 2.41. The smallest absolute Gasteiger partial charge is 0.147 e. The van der Waals surface area contributed by atoms with Crippen molar-refractivity contribution >= 4 is 9.84 Å². The summed E-state index contributed by atoms with van der Waals surface area (Å²) >= 11 is 0. The number of rotatable bonds is 9. The van der Waals surface area contributed by atoms with E-state index in [1.54, 1.807) is 0 Å². The molecule has 0 aromatic heterocycles. The Morgan fingerprint density at radius 3 is 2.60 bits per heavy atom. The van der Waals surface area contributed by atoms with Gasteiger partial charge in [-0.2, -0.15) is 0 Å². The Balaban J connectivity index is 2.49. The van der Waals surface area contributed by atoms with E-state index in [0.29, 0.717) is 11.8 Å². The molecule has 0 aliphatic heterocycles. The molecule has 3 unspecified atom stereocenters. The molecule has 0 amide bonds. The highest BCUT2D eigenvalue weighted by molar-refractivity contribution is 7.90. The van der Waals surface area contributed by atoms with Gasteiger partial charge in [-0.3, -0.25) is 0 Å². The van der Waals surface area contributed by atoms with Crippen molar-refractivity contribution in [3.05, 3.63) is 0 Å². The molecule has 0 radical (unpaired) electrons. The Bertz CT molecular complexity index is 353. The second-order valence-electron chi connectivity index (χ2n) is 6.53. The largest absolute Gasteiger partial charge is 0.314 e. The van der Waals surface area contributed by atoms with Gasteiger partial charge in [-0.1, -0.05) is 33.1 Å². The third kappa shape index (κ3) is 7.07. The summed E-state index contributed by atoms with van der Waals surface area (Å²) < 4.78 is 22.6. The average molecular weight is 304 g/mol. The van der Waals surface area contributed by atoms with Crippen LogP contribution in [0, 0.1) is 11.8 Å². The van der Waals surface area contributed by atoms with Gasteiger partial charge >= 0.3 is 0 Å². The fourth-order valence-corrected chi connectivity index (χ4v) is 4.16. The third-order valence-corrected chi connectivity index (χ3v) is 5.69. The molecule has 1 saturated carbocycles. The maximum absolute atomic E-state index is 11.3. The first-order valence-electron chi connectivity index (χ1n) is 8.37. The highest BCUT2D eigenvalue weighted by atomic mass is 32.2. The Labute approximate surface area is 125 Å². The van der Waals surface area contributed by atoms with Gasteiger partial charge < -0.3 is 5.32 Å². The molecule has 120 valence electrons. The van der Waals surface area contributed by atoms with E-state index in [1.807, 2.05) is 0 Å². The minimum atomic E-state index is -2.81. The van der Waals surface area contributed by atoms with Crippen LogP contribution in [-0.4, -0.2) is 33.0 Å². The van der Waals surface area contributed by atoms with Crippen LogP contribution in [0.15, 0.2) is 0 Å². The molecule has 1 aliphatic carbocycles. The second-order valence-corrected chi connectivity index (χ2v) is 8.79. The molecule has 1 aliphatic rings. The third-order valence-electron chi connectivity index (χ3n) is 4.66. The molecule has 0 aromatic carbocycles. The van der Waals surface area contributed by atoms with E-state index in [-0.39, 0.29) is 0 Å².